The van der Waals surface area contributed by atoms with Gasteiger partial charge in [-0.1, -0.05) is 42.5 Å². The quantitative estimate of drug-likeness (QED) is 0.165. The summed E-state index contributed by atoms with van der Waals surface area (Å²) in [6, 6.07) is 11.5. The highest BCUT2D eigenvalue weighted by atomic mass is 32.2. The number of rotatable bonds is 15. The lowest BCUT2D eigenvalue weighted by Gasteiger charge is -2.27. The number of hydrogen-bond acceptors (Lipinski definition) is 8. The fourth-order valence-corrected chi connectivity index (χ4v) is 5.31. The van der Waals surface area contributed by atoms with Crippen molar-refractivity contribution in [2.24, 2.45) is 5.73 Å². The van der Waals surface area contributed by atoms with Crippen LogP contribution in [0.4, 0.5) is 0 Å². The highest BCUT2D eigenvalue weighted by Gasteiger charge is 2.37. The van der Waals surface area contributed by atoms with Crippen LogP contribution in [0.15, 0.2) is 54.6 Å². The molecule has 232 valence electrons. The number of aromatic hydroxyl groups is 1. The van der Waals surface area contributed by atoms with Crippen molar-refractivity contribution in [2.45, 2.75) is 56.3 Å². The molecule has 0 aliphatic carbocycles. The highest BCUT2D eigenvalue weighted by molar-refractivity contribution is 7.98. The van der Waals surface area contributed by atoms with Crippen molar-refractivity contribution in [3.63, 3.8) is 0 Å². The fraction of sp³-hybridized carbons (Fsp3) is 0.433. The number of amides is 4. The molecule has 13 heteroatoms. The molecule has 0 saturated carbocycles. The Bertz CT molecular complexity index is 1260. The minimum atomic E-state index is -1.09. The number of phenolic OH excluding ortho intramolecular Hbond substituents is 1. The van der Waals surface area contributed by atoms with Gasteiger partial charge in [0.15, 0.2) is 0 Å². The number of nitrogens with one attached hydrogen (secondary N) is 3. The Balaban J connectivity index is 1.61. The third-order valence-corrected chi connectivity index (χ3v) is 7.78. The van der Waals surface area contributed by atoms with Gasteiger partial charge in [0.25, 0.3) is 0 Å². The molecule has 0 radical (unpaired) electrons. The van der Waals surface area contributed by atoms with Crippen molar-refractivity contribution in [1.82, 2.24) is 20.9 Å². The molecular weight excluding hydrogens is 574 g/mol. The standard InChI is InChI=1S/C30H39N5O7S/c1-43-15-13-23(34-27(38)22(31)16-20-9-11-21(36)12-10-20)28(39)32-18-26(37)33-24(17-19-6-3-2-4-7-19)29(40)35-14-5-8-25(35)30(41)42/h2-4,6-7,9-12,22-25,36H,5,8,13-18,31H2,1H3,(H,32,39)(H,33,37)(H,34,38)(H,41,42)/t22-,23+,24-,25-/m0/s1. The lowest BCUT2D eigenvalue weighted by atomic mass is 10.0. The predicted octanol–water partition coefficient (Wildman–Crippen LogP) is 0.419. The van der Waals surface area contributed by atoms with Crippen LogP contribution in [0.3, 0.4) is 0 Å². The summed E-state index contributed by atoms with van der Waals surface area (Å²) in [7, 11) is 0. The maximum Gasteiger partial charge on any atom is 0.326 e. The van der Waals surface area contributed by atoms with Gasteiger partial charge in [-0.15, -0.1) is 0 Å². The van der Waals surface area contributed by atoms with Crippen molar-refractivity contribution >= 4 is 41.4 Å². The number of carboxylic acid groups (broad SMARTS) is 1. The van der Waals surface area contributed by atoms with E-state index in [0.717, 1.165) is 11.1 Å². The van der Waals surface area contributed by atoms with Crippen molar-refractivity contribution in [3.8, 4) is 5.75 Å². The van der Waals surface area contributed by atoms with Crippen LogP contribution < -0.4 is 21.7 Å². The lowest BCUT2D eigenvalue weighted by molar-refractivity contribution is -0.149. The van der Waals surface area contributed by atoms with Gasteiger partial charge >= 0.3 is 5.97 Å². The predicted molar refractivity (Wildman–Crippen MR) is 162 cm³/mol. The molecule has 7 N–H and O–H groups in total. The Morgan fingerprint density at radius 1 is 0.953 bits per heavy atom. The molecule has 1 fully saturated rings. The average Bonchev–Trinajstić information content (AvgIpc) is 3.49. The van der Waals surface area contributed by atoms with Crippen LogP contribution in [0.1, 0.15) is 30.4 Å². The Labute approximate surface area is 254 Å². The molecule has 1 saturated heterocycles. The van der Waals surface area contributed by atoms with Crippen LogP contribution in [-0.4, -0.2) is 94.0 Å². The molecule has 2 aromatic rings. The summed E-state index contributed by atoms with van der Waals surface area (Å²) in [4.78, 5) is 65.1. The lowest BCUT2D eigenvalue weighted by Crippen LogP contribution is -2.55. The zero-order chi connectivity index (χ0) is 31.4. The van der Waals surface area contributed by atoms with E-state index in [1.165, 1.54) is 28.8 Å². The van der Waals surface area contributed by atoms with Gasteiger partial charge < -0.3 is 36.8 Å². The van der Waals surface area contributed by atoms with E-state index in [1.807, 2.05) is 12.3 Å². The number of nitrogens with zero attached hydrogens (tertiary/aromatic N) is 1. The summed E-state index contributed by atoms with van der Waals surface area (Å²) in [6.07, 6.45) is 3.39. The van der Waals surface area contributed by atoms with Crippen molar-refractivity contribution in [1.29, 1.82) is 0 Å². The molecule has 4 amide bonds. The number of hydrogen-bond donors (Lipinski definition) is 6. The first-order valence-corrected chi connectivity index (χ1v) is 15.5. The maximum atomic E-state index is 13.4. The van der Waals surface area contributed by atoms with Crippen LogP contribution in [0.5, 0.6) is 5.75 Å². The average molecular weight is 614 g/mol. The van der Waals surface area contributed by atoms with Gasteiger partial charge in [0.1, 0.15) is 23.9 Å². The van der Waals surface area contributed by atoms with Crippen LogP contribution >= 0.6 is 11.8 Å². The van der Waals surface area contributed by atoms with Gasteiger partial charge in [0, 0.05) is 13.0 Å². The van der Waals surface area contributed by atoms with Gasteiger partial charge in [0.2, 0.25) is 23.6 Å². The number of carbonyl (C=O) groups is 5. The summed E-state index contributed by atoms with van der Waals surface area (Å²) in [5.41, 5.74) is 7.58. The number of likely N-dealkylation sites (tertiary alicyclic amines) is 1. The second-order valence-electron chi connectivity index (χ2n) is 10.4. The molecule has 43 heavy (non-hydrogen) atoms. The zero-order valence-corrected chi connectivity index (χ0v) is 24.8. The maximum absolute atomic E-state index is 13.4. The first-order valence-electron chi connectivity index (χ1n) is 14.1. The summed E-state index contributed by atoms with van der Waals surface area (Å²) in [5, 5.41) is 26.9. The van der Waals surface area contributed by atoms with Crippen LogP contribution in [0.25, 0.3) is 0 Å². The number of nitrogens with two attached hydrogens (primary N) is 1. The van der Waals surface area contributed by atoms with E-state index in [9.17, 15) is 34.2 Å². The Morgan fingerprint density at radius 3 is 2.28 bits per heavy atom. The largest absolute Gasteiger partial charge is 0.508 e. The molecule has 0 bridgehead atoms. The summed E-state index contributed by atoms with van der Waals surface area (Å²) in [5.74, 6) is -2.68. The summed E-state index contributed by atoms with van der Waals surface area (Å²) >= 11 is 1.49. The third kappa shape index (κ3) is 10.3. The van der Waals surface area contributed by atoms with Crippen LogP contribution in [0.2, 0.25) is 0 Å². The molecule has 2 aromatic carbocycles. The van der Waals surface area contributed by atoms with Gasteiger partial charge in [-0.05, 0) is 61.0 Å². The van der Waals surface area contributed by atoms with Crippen LogP contribution in [-0.2, 0) is 36.8 Å². The molecule has 0 unspecified atom stereocenters. The molecule has 0 spiro atoms. The van der Waals surface area contributed by atoms with Gasteiger partial charge in [-0.2, -0.15) is 11.8 Å². The normalized spacial score (nSPS) is 16.5. The SMILES string of the molecule is CSCC[C@@H](NC(=O)[C@@H](N)Cc1ccc(O)cc1)C(=O)NCC(=O)N[C@@H](Cc1ccccc1)C(=O)N1CCC[C@H]1C(=O)O. The van der Waals surface area contributed by atoms with E-state index in [0.29, 0.717) is 25.0 Å². The number of thioether (sulfide) groups is 1. The monoisotopic (exact) mass is 613 g/mol. The van der Waals surface area contributed by atoms with E-state index < -0.39 is 60.3 Å². The third-order valence-electron chi connectivity index (χ3n) is 7.13. The van der Waals surface area contributed by atoms with E-state index in [2.05, 4.69) is 16.0 Å². The molecule has 1 aliphatic rings. The summed E-state index contributed by atoms with van der Waals surface area (Å²) in [6.45, 7) is -0.176. The topological polar surface area (TPSA) is 191 Å². The second kappa shape index (κ2) is 16.5. The Kier molecular flexibility index (Phi) is 12.8. The molecule has 0 aromatic heterocycles. The molecule has 4 atom stereocenters. The minimum Gasteiger partial charge on any atom is -0.508 e. The number of phenols is 1. The first-order chi connectivity index (χ1) is 20.6. The summed E-state index contributed by atoms with van der Waals surface area (Å²) < 4.78 is 0. The zero-order valence-electron chi connectivity index (χ0n) is 24.0. The number of aliphatic carboxylic acids is 1. The number of carboxylic acids is 1. The minimum absolute atomic E-state index is 0.0934. The highest BCUT2D eigenvalue weighted by Crippen LogP contribution is 2.20. The van der Waals surface area contributed by atoms with E-state index in [1.54, 1.807) is 36.4 Å². The molecule has 3 rings (SSSR count). The van der Waals surface area contributed by atoms with E-state index in [4.69, 9.17) is 5.73 Å². The molecule has 1 aliphatic heterocycles. The van der Waals surface area contributed by atoms with Crippen LogP contribution in [0, 0.1) is 0 Å². The van der Waals surface area contributed by atoms with Crippen molar-refractivity contribution in [2.75, 3.05) is 25.1 Å². The van der Waals surface area contributed by atoms with Gasteiger partial charge in [0.05, 0.1) is 12.6 Å². The Morgan fingerprint density at radius 2 is 1.63 bits per heavy atom. The van der Waals surface area contributed by atoms with Gasteiger partial charge in [-0.3, -0.25) is 19.2 Å². The number of carbonyl (C=O) groups excluding carboxylic acids is 4. The molecular formula is C30H39N5O7S. The Hall–Kier alpha value is -4.10. The first kappa shape index (κ1) is 33.4. The van der Waals surface area contributed by atoms with Crippen molar-refractivity contribution < 1.29 is 34.2 Å². The smallest absolute Gasteiger partial charge is 0.326 e. The van der Waals surface area contributed by atoms with Gasteiger partial charge in [-0.25, -0.2) is 4.79 Å². The molecule has 12 nitrogen and oxygen atoms in total. The van der Waals surface area contributed by atoms with E-state index in [-0.39, 0.29) is 25.1 Å². The fourth-order valence-electron chi connectivity index (χ4n) is 4.84. The molecule has 1 heterocycles. The van der Waals surface area contributed by atoms with E-state index >= 15 is 0 Å². The second-order valence-corrected chi connectivity index (χ2v) is 11.4. The van der Waals surface area contributed by atoms with Crippen molar-refractivity contribution in [3.05, 3.63) is 65.7 Å². The number of benzene rings is 2.